The third-order valence-electron chi connectivity index (χ3n) is 3.37. The molecular weight excluding hydrogens is 214 g/mol. The Morgan fingerprint density at radius 3 is 3.12 bits per heavy atom. The molecule has 1 fully saturated rings. The predicted octanol–water partition coefficient (Wildman–Crippen LogP) is 1.95. The van der Waals surface area contributed by atoms with E-state index in [-0.39, 0.29) is 5.60 Å². The maximum absolute atomic E-state index is 5.72. The van der Waals surface area contributed by atoms with Crippen LogP contribution in [0.15, 0.2) is 12.3 Å². The lowest BCUT2D eigenvalue weighted by molar-refractivity contribution is -0.0631. The Balaban J connectivity index is 1.86. The molecule has 0 bridgehead atoms. The molecule has 4 nitrogen and oxygen atoms in total. The zero-order valence-corrected chi connectivity index (χ0v) is 11.1. The van der Waals surface area contributed by atoms with Crippen LogP contribution in [0.2, 0.25) is 0 Å². The molecule has 1 unspecified atom stereocenters. The summed E-state index contributed by atoms with van der Waals surface area (Å²) in [5, 5.41) is 7.89. The Hall–Kier alpha value is -0.870. The predicted molar refractivity (Wildman–Crippen MR) is 67.8 cm³/mol. The van der Waals surface area contributed by atoms with E-state index in [1.165, 1.54) is 5.69 Å². The van der Waals surface area contributed by atoms with E-state index in [2.05, 4.69) is 37.3 Å². The van der Waals surface area contributed by atoms with E-state index < -0.39 is 0 Å². The summed E-state index contributed by atoms with van der Waals surface area (Å²) in [5.74, 6) is 0. The largest absolute Gasteiger partial charge is 0.375 e. The van der Waals surface area contributed by atoms with Crippen molar-refractivity contribution in [3.63, 3.8) is 0 Å². The van der Waals surface area contributed by atoms with E-state index >= 15 is 0 Å². The van der Waals surface area contributed by atoms with E-state index in [0.717, 1.165) is 32.5 Å². The summed E-state index contributed by atoms with van der Waals surface area (Å²) in [6, 6.07) is 2.64. The maximum Gasteiger partial charge on any atom is 0.0641 e. The minimum Gasteiger partial charge on any atom is -0.375 e. The highest BCUT2D eigenvalue weighted by molar-refractivity contribution is 5.00. The molecular formula is C13H23N3O. The molecule has 0 aliphatic carbocycles. The van der Waals surface area contributed by atoms with Gasteiger partial charge in [0.1, 0.15) is 0 Å². The van der Waals surface area contributed by atoms with Gasteiger partial charge in [-0.1, -0.05) is 0 Å². The number of hydrogen-bond donors (Lipinski definition) is 1. The van der Waals surface area contributed by atoms with Crippen LogP contribution in [0, 0.1) is 0 Å². The van der Waals surface area contributed by atoms with Gasteiger partial charge < -0.3 is 10.1 Å². The molecule has 1 aromatic rings. The fourth-order valence-electron chi connectivity index (χ4n) is 2.45. The lowest BCUT2D eigenvalue weighted by atomic mass is 9.94. The average Bonchev–Trinajstić information content (AvgIpc) is 2.72. The smallest absolute Gasteiger partial charge is 0.0641 e. The summed E-state index contributed by atoms with van der Waals surface area (Å²) in [6.07, 6.45) is 4.05. The van der Waals surface area contributed by atoms with Gasteiger partial charge in [-0.2, -0.15) is 5.10 Å². The molecule has 0 spiro atoms. The first-order chi connectivity index (χ1) is 8.11. The monoisotopic (exact) mass is 237 g/mol. The highest BCUT2D eigenvalue weighted by Crippen LogP contribution is 2.24. The van der Waals surface area contributed by atoms with Gasteiger partial charge in [0, 0.05) is 31.9 Å². The zero-order chi connectivity index (χ0) is 12.3. The van der Waals surface area contributed by atoms with Gasteiger partial charge in [-0.3, -0.25) is 4.68 Å². The Bertz CT molecular complexity index is 359. The van der Waals surface area contributed by atoms with Crippen molar-refractivity contribution in [2.75, 3.05) is 6.61 Å². The van der Waals surface area contributed by atoms with E-state index in [0.29, 0.717) is 6.04 Å². The second-order valence-electron chi connectivity index (χ2n) is 5.32. The molecule has 4 heteroatoms. The van der Waals surface area contributed by atoms with E-state index in [9.17, 15) is 0 Å². The van der Waals surface area contributed by atoms with Crippen molar-refractivity contribution < 1.29 is 4.74 Å². The number of ether oxygens (including phenoxy) is 1. The first-order valence-corrected chi connectivity index (χ1v) is 6.49. The Morgan fingerprint density at radius 1 is 1.59 bits per heavy atom. The molecule has 2 rings (SSSR count). The van der Waals surface area contributed by atoms with Crippen molar-refractivity contribution in [1.82, 2.24) is 15.1 Å². The van der Waals surface area contributed by atoms with Crippen LogP contribution in [-0.4, -0.2) is 28.0 Å². The second-order valence-corrected chi connectivity index (χ2v) is 5.32. The number of aryl methyl sites for hydroxylation is 1. The van der Waals surface area contributed by atoms with E-state index in [1.807, 2.05) is 10.9 Å². The van der Waals surface area contributed by atoms with Crippen LogP contribution in [0.4, 0.5) is 0 Å². The molecule has 1 atom stereocenters. The fraction of sp³-hybridized carbons (Fsp3) is 0.769. The third-order valence-corrected chi connectivity index (χ3v) is 3.37. The van der Waals surface area contributed by atoms with Crippen LogP contribution in [0.1, 0.15) is 39.3 Å². The van der Waals surface area contributed by atoms with Gasteiger partial charge in [-0.15, -0.1) is 0 Å². The van der Waals surface area contributed by atoms with Crippen molar-refractivity contribution in [2.45, 2.75) is 58.3 Å². The summed E-state index contributed by atoms with van der Waals surface area (Å²) < 4.78 is 7.76. The summed E-state index contributed by atoms with van der Waals surface area (Å²) in [7, 11) is 0. The molecule has 1 N–H and O–H groups in total. The number of hydrogen-bond acceptors (Lipinski definition) is 3. The van der Waals surface area contributed by atoms with Crippen molar-refractivity contribution in [3.05, 3.63) is 18.0 Å². The molecule has 0 saturated carbocycles. The minimum absolute atomic E-state index is 0.0148. The lowest BCUT2D eigenvalue weighted by Gasteiger charge is -2.36. The molecule has 1 aliphatic heterocycles. The molecule has 96 valence electrons. The van der Waals surface area contributed by atoms with Gasteiger partial charge in [0.25, 0.3) is 0 Å². The van der Waals surface area contributed by atoms with Crippen LogP contribution in [-0.2, 0) is 17.8 Å². The van der Waals surface area contributed by atoms with Gasteiger partial charge in [0.05, 0.1) is 11.3 Å². The standard InChI is InChI=1S/C13H23N3O/c1-4-16-12(5-7-15-16)10-14-11-6-8-17-13(2,3)9-11/h5,7,11,14H,4,6,8-10H2,1-3H3. The number of aromatic nitrogens is 2. The molecule has 0 aromatic carbocycles. The number of nitrogens with one attached hydrogen (secondary N) is 1. The molecule has 2 heterocycles. The molecule has 1 aromatic heterocycles. The van der Waals surface area contributed by atoms with Crippen LogP contribution < -0.4 is 5.32 Å². The molecule has 1 saturated heterocycles. The van der Waals surface area contributed by atoms with Crippen LogP contribution in [0.25, 0.3) is 0 Å². The van der Waals surface area contributed by atoms with Gasteiger partial charge in [-0.05, 0) is 39.7 Å². The molecule has 0 amide bonds. The summed E-state index contributed by atoms with van der Waals surface area (Å²) in [4.78, 5) is 0. The van der Waals surface area contributed by atoms with Crippen LogP contribution in [0.5, 0.6) is 0 Å². The first kappa shape index (κ1) is 12.6. The van der Waals surface area contributed by atoms with Gasteiger partial charge >= 0.3 is 0 Å². The molecule has 0 radical (unpaired) electrons. The summed E-state index contributed by atoms with van der Waals surface area (Å²) >= 11 is 0. The quantitative estimate of drug-likeness (QED) is 0.870. The third kappa shape index (κ3) is 3.30. The maximum atomic E-state index is 5.72. The van der Waals surface area contributed by atoms with Crippen LogP contribution >= 0.6 is 0 Å². The van der Waals surface area contributed by atoms with Crippen LogP contribution in [0.3, 0.4) is 0 Å². The van der Waals surface area contributed by atoms with Gasteiger partial charge in [0.2, 0.25) is 0 Å². The lowest BCUT2D eigenvalue weighted by Crippen LogP contribution is -2.43. The number of rotatable bonds is 4. The summed E-state index contributed by atoms with van der Waals surface area (Å²) in [5.41, 5.74) is 1.28. The fourth-order valence-corrected chi connectivity index (χ4v) is 2.45. The average molecular weight is 237 g/mol. The Morgan fingerprint density at radius 2 is 2.41 bits per heavy atom. The van der Waals surface area contributed by atoms with E-state index in [1.54, 1.807) is 0 Å². The van der Waals surface area contributed by atoms with Gasteiger partial charge in [0.15, 0.2) is 0 Å². The Labute approximate surface area is 103 Å². The highest BCUT2D eigenvalue weighted by Gasteiger charge is 2.28. The number of nitrogens with zero attached hydrogens (tertiary/aromatic N) is 2. The van der Waals surface area contributed by atoms with Crippen molar-refractivity contribution in [1.29, 1.82) is 0 Å². The highest BCUT2D eigenvalue weighted by atomic mass is 16.5. The van der Waals surface area contributed by atoms with E-state index in [4.69, 9.17) is 4.74 Å². The minimum atomic E-state index is 0.0148. The first-order valence-electron chi connectivity index (χ1n) is 6.49. The van der Waals surface area contributed by atoms with Crippen molar-refractivity contribution in [3.8, 4) is 0 Å². The topological polar surface area (TPSA) is 39.1 Å². The SMILES string of the molecule is CCn1nccc1CNC1CCOC(C)(C)C1. The summed E-state index contributed by atoms with van der Waals surface area (Å²) in [6.45, 7) is 9.14. The van der Waals surface area contributed by atoms with Crippen molar-refractivity contribution >= 4 is 0 Å². The molecule has 17 heavy (non-hydrogen) atoms. The molecule has 1 aliphatic rings. The normalized spacial score (nSPS) is 23.8. The van der Waals surface area contributed by atoms with Crippen molar-refractivity contribution in [2.24, 2.45) is 0 Å². The Kier molecular flexibility index (Phi) is 3.84. The second kappa shape index (κ2) is 5.19. The zero-order valence-electron chi connectivity index (χ0n) is 11.1. The van der Waals surface area contributed by atoms with Gasteiger partial charge in [-0.25, -0.2) is 0 Å².